The van der Waals surface area contributed by atoms with E-state index in [1.807, 2.05) is 36.9 Å². The third kappa shape index (κ3) is 4.71. The van der Waals surface area contributed by atoms with Crippen molar-refractivity contribution in [3.63, 3.8) is 0 Å². The zero-order valence-electron chi connectivity index (χ0n) is 16.0. The van der Waals surface area contributed by atoms with Crippen LogP contribution >= 0.6 is 11.8 Å². The number of benzene rings is 1. The molecule has 0 aliphatic carbocycles. The third-order valence-corrected chi connectivity index (χ3v) is 5.76. The van der Waals surface area contributed by atoms with Crippen molar-refractivity contribution in [1.82, 2.24) is 20.4 Å². The fourth-order valence-corrected chi connectivity index (χ4v) is 4.15. The molecule has 7 heteroatoms. The fraction of sp³-hybridized carbons (Fsp3) is 0.450. The minimum atomic E-state index is -0.488. The normalized spacial score (nSPS) is 14.7. The summed E-state index contributed by atoms with van der Waals surface area (Å²) in [4.78, 5) is 27.5. The first kappa shape index (κ1) is 19.5. The zero-order valence-corrected chi connectivity index (χ0v) is 16.8. The van der Waals surface area contributed by atoms with E-state index >= 15 is 0 Å². The van der Waals surface area contributed by atoms with Crippen molar-refractivity contribution in [2.24, 2.45) is 5.92 Å². The number of fused-ring (bicyclic) bond motifs is 1. The highest BCUT2D eigenvalue weighted by atomic mass is 32.2. The standard InChI is InChI=1S/C20H26N4O2S/c1-13(2)19(21-14(3)25)20(26)24-10-9-17-16(11-24)18(23-22-17)12-27-15-7-5-4-6-8-15/h4-8,13,19H,9-12H2,1-3H3,(H,21,25)(H,22,23). The van der Waals surface area contributed by atoms with Gasteiger partial charge in [0.25, 0.3) is 0 Å². The molecule has 1 aromatic carbocycles. The van der Waals surface area contributed by atoms with Gasteiger partial charge >= 0.3 is 0 Å². The lowest BCUT2D eigenvalue weighted by Crippen LogP contribution is -2.51. The van der Waals surface area contributed by atoms with Crippen LogP contribution in [0.2, 0.25) is 0 Å². The molecule has 0 fully saturated rings. The van der Waals surface area contributed by atoms with E-state index in [1.165, 1.54) is 11.8 Å². The lowest BCUT2D eigenvalue weighted by Gasteiger charge is -2.32. The van der Waals surface area contributed by atoms with Gasteiger partial charge in [0, 0.05) is 48.3 Å². The minimum absolute atomic E-state index is 0.0197. The Morgan fingerprint density at radius 1 is 1.30 bits per heavy atom. The molecule has 2 aromatic rings. The van der Waals surface area contributed by atoms with Crippen LogP contribution in [0.5, 0.6) is 0 Å². The molecule has 2 amide bonds. The highest BCUT2D eigenvalue weighted by Crippen LogP contribution is 2.27. The van der Waals surface area contributed by atoms with E-state index in [0.717, 1.165) is 29.1 Å². The van der Waals surface area contributed by atoms with E-state index in [1.54, 1.807) is 11.8 Å². The van der Waals surface area contributed by atoms with Gasteiger partial charge in [0.05, 0.1) is 5.69 Å². The highest BCUT2D eigenvalue weighted by molar-refractivity contribution is 7.98. The van der Waals surface area contributed by atoms with Gasteiger partial charge in [0.1, 0.15) is 6.04 Å². The lowest BCUT2D eigenvalue weighted by atomic mass is 10.00. The first-order valence-corrected chi connectivity index (χ1v) is 10.2. The van der Waals surface area contributed by atoms with Crippen molar-refractivity contribution in [2.75, 3.05) is 6.54 Å². The van der Waals surface area contributed by atoms with Crippen LogP contribution in [0.3, 0.4) is 0 Å². The molecule has 2 heterocycles. The van der Waals surface area contributed by atoms with Crippen molar-refractivity contribution in [2.45, 2.75) is 50.4 Å². The molecule has 0 radical (unpaired) electrons. The monoisotopic (exact) mass is 386 g/mol. The second kappa shape index (κ2) is 8.61. The SMILES string of the molecule is CC(=O)NC(C(=O)N1CCc2[nH]nc(CSc3ccccc3)c2C1)C(C)C. The average molecular weight is 387 g/mol. The van der Waals surface area contributed by atoms with Crippen LogP contribution in [0, 0.1) is 5.92 Å². The molecule has 1 aliphatic rings. The molecule has 144 valence electrons. The first-order chi connectivity index (χ1) is 13.0. The summed E-state index contributed by atoms with van der Waals surface area (Å²) in [6, 6.07) is 9.73. The summed E-state index contributed by atoms with van der Waals surface area (Å²) >= 11 is 1.74. The number of amides is 2. The summed E-state index contributed by atoms with van der Waals surface area (Å²) in [7, 11) is 0. The van der Waals surface area contributed by atoms with Gasteiger partial charge in [0.2, 0.25) is 11.8 Å². The van der Waals surface area contributed by atoms with Gasteiger partial charge < -0.3 is 10.2 Å². The number of thioether (sulfide) groups is 1. The van der Waals surface area contributed by atoms with Gasteiger partial charge in [-0.2, -0.15) is 5.10 Å². The Kier molecular flexibility index (Phi) is 6.21. The average Bonchev–Trinajstić information content (AvgIpc) is 3.06. The molecular weight excluding hydrogens is 360 g/mol. The molecule has 0 spiro atoms. The number of hydrogen-bond acceptors (Lipinski definition) is 4. The number of aromatic nitrogens is 2. The maximum absolute atomic E-state index is 13.0. The minimum Gasteiger partial charge on any atom is -0.344 e. The van der Waals surface area contributed by atoms with Crippen molar-refractivity contribution in [3.05, 3.63) is 47.3 Å². The third-order valence-electron chi connectivity index (χ3n) is 4.74. The van der Waals surface area contributed by atoms with Crippen molar-refractivity contribution in [3.8, 4) is 0 Å². The summed E-state index contributed by atoms with van der Waals surface area (Å²) in [6.07, 6.45) is 0.759. The maximum atomic E-state index is 13.0. The maximum Gasteiger partial charge on any atom is 0.245 e. The molecule has 1 atom stereocenters. The van der Waals surface area contributed by atoms with Crippen LogP contribution in [-0.4, -0.2) is 39.5 Å². The number of carbonyl (C=O) groups excluding carboxylic acids is 2. The number of hydrogen-bond donors (Lipinski definition) is 2. The molecule has 6 nitrogen and oxygen atoms in total. The molecule has 1 aliphatic heterocycles. The van der Waals surface area contributed by atoms with E-state index in [4.69, 9.17) is 0 Å². The number of H-pyrrole nitrogens is 1. The molecular formula is C20H26N4O2S. The summed E-state index contributed by atoms with van der Waals surface area (Å²) in [6.45, 7) is 6.54. The quantitative estimate of drug-likeness (QED) is 0.749. The van der Waals surface area contributed by atoms with Crippen LogP contribution in [0.1, 0.15) is 37.7 Å². The van der Waals surface area contributed by atoms with Crippen LogP contribution < -0.4 is 5.32 Å². The van der Waals surface area contributed by atoms with Crippen molar-refractivity contribution in [1.29, 1.82) is 0 Å². The summed E-state index contributed by atoms with van der Waals surface area (Å²) in [5.41, 5.74) is 3.23. The molecule has 1 aromatic heterocycles. The molecule has 27 heavy (non-hydrogen) atoms. The topological polar surface area (TPSA) is 78.1 Å². The molecule has 0 saturated carbocycles. The van der Waals surface area contributed by atoms with Crippen molar-refractivity contribution >= 4 is 23.6 Å². The van der Waals surface area contributed by atoms with Crippen molar-refractivity contribution < 1.29 is 9.59 Å². The Labute approximate surface area is 164 Å². The van der Waals surface area contributed by atoms with Crippen LogP contribution in [-0.2, 0) is 28.3 Å². The van der Waals surface area contributed by atoms with E-state index in [-0.39, 0.29) is 17.7 Å². The molecule has 3 rings (SSSR count). The predicted octanol–water partition coefficient (Wildman–Crippen LogP) is 2.75. The fourth-order valence-electron chi connectivity index (χ4n) is 3.26. The van der Waals surface area contributed by atoms with Gasteiger partial charge in [-0.3, -0.25) is 14.7 Å². The largest absolute Gasteiger partial charge is 0.344 e. The van der Waals surface area contributed by atoms with Crippen LogP contribution in [0.4, 0.5) is 0 Å². The number of rotatable bonds is 6. The predicted molar refractivity (Wildman–Crippen MR) is 106 cm³/mol. The number of aromatic amines is 1. The number of nitrogens with zero attached hydrogens (tertiary/aromatic N) is 2. The lowest BCUT2D eigenvalue weighted by molar-refractivity contribution is -0.138. The van der Waals surface area contributed by atoms with E-state index in [0.29, 0.717) is 13.1 Å². The van der Waals surface area contributed by atoms with Gasteiger partial charge in [-0.05, 0) is 18.1 Å². The number of nitrogens with one attached hydrogen (secondary N) is 2. The number of carbonyl (C=O) groups is 2. The van der Waals surface area contributed by atoms with Crippen LogP contribution in [0.25, 0.3) is 0 Å². The second-order valence-electron chi connectivity index (χ2n) is 7.16. The Hall–Kier alpha value is -2.28. The van der Waals surface area contributed by atoms with E-state index in [9.17, 15) is 9.59 Å². The highest BCUT2D eigenvalue weighted by Gasteiger charge is 2.31. The second-order valence-corrected chi connectivity index (χ2v) is 8.21. The summed E-state index contributed by atoms with van der Waals surface area (Å²) in [5.74, 6) is 0.606. The molecule has 2 N–H and O–H groups in total. The Bertz CT molecular complexity index is 804. The van der Waals surface area contributed by atoms with E-state index < -0.39 is 6.04 Å². The van der Waals surface area contributed by atoms with Gasteiger partial charge in [0.15, 0.2) is 0 Å². The van der Waals surface area contributed by atoms with Crippen LogP contribution in [0.15, 0.2) is 35.2 Å². The molecule has 1 unspecified atom stereocenters. The molecule has 0 saturated heterocycles. The summed E-state index contributed by atoms with van der Waals surface area (Å²) in [5, 5.41) is 10.4. The van der Waals surface area contributed by atoms with Gasteiger partial charge in [-0.25, -0.2) is 0 Å². The Morgan fingerprint density at radius 3 is 2.70 bits per heavy atom. The first-order valence-electron chi connectivity index (χ1n) is 9.24. The Morgan fingerprint density at radius 2 is 2.04 bits per heavy atom. The zero-order chi connectivity index (χ0) is 19.4. The summed E-state index contributed by atoms with van der Waals surface area (Å²) < 4.78 is 0. The van der Waals surface area contributed by atoms with E-state index in [2.05, 4.69) is 27.6 Å². The molecule has 0 bridgehead atoms. The Balaban J connectivity index is 1.70. The smallest absolute Gasteiger partial charge is 0.245 e. The van der Waals surface area contributed by atoms with Gasteiger partial charge in [-0.1, -0.05) is 32.0 Å². The van der Waals surface area contributed by atoms with Gasteiger partial charge in [-0.15, -0.1) is 11.8 Å².